The average Bonchev–Trinajstić information content (AvgIpc) is 2.39. The first-order valence-corrected chi connectivity index (χ1v) is 8.40. The van der Waals surface area contributed by atoms with Crippen LogP contribution in [0.5, 0.6) is 0 Å². The summed E-state index contributed by atoms with van der Waals surface area (Å²) in [5.74, 6) is 0.791. The zero-order valence-electron chi connectivity index (χ0n) is 13.0. The normalized spacial score (nSPS) is 14.6. The first kappa shape index (κ1) is 17.8. The van der Waals surface area contributed by atoms with E-state index in [2.05, 4.69) is 39.1 Å². The maximum Gasteiger partial charge on any atom is 0.0595 e. The molecule has 1 nitrogen and oxygen atoms in total. The number of hydrogen-bond donors (Lipinski definition) is 1. The molecule has 114 valence electrons. The zero-order valence-corrected chi connectivity index (χ0v) is 14.6. The van der Waals surface area contributed by atoms with Crippen LogP contribution in [0.15, 0.2) is 18.2 Å². The lowest BCUT2D eigenvalue weighted by Gasteiger charge is -2.23. The first-order valence-electron chi connectivity index (χ1n) is 7.65. The van der Waals surface area contributed by atoms with E-state index in [1.807, 2.05) is 12.1 Å². The number of rotatable bonds is 8. The van der Waals surface area contributed by atoms with Gasteiger partial charge in [-0.15, -0.1) is 0 Å². The Balaban J connectivity index is 2.55. The van der Waals surface area contributed by atoms with Crippen molar-refractivity contribution >= 4 is 23.2 Å². The third-order valence-electron chi connectivity index (χ3n) is 3.66. The molecule has 0 aromatic heterocycles. The monoisotopic (exact) mass is 315 g/mol. The van der Waals surface area contributed by atoms with Gasteiger partial charge in [0.05, 0.1) is 10.0 Å². The van der Waals surface area contributed by atoms with Crippen molar-refractivity contribution in [2.45, 2.75) is 65.5 Å². The Morgan fingerprint density at radius 3 is 2.30 bits per heavy atom. The van der Waals surface area contributed by atoms with Crippen LogP contribution in [-0.4, -0.2) is 6.04 Å². The van der Waals surface area contributed by atoms with Crippen LogP contribution in [0, 0.1) is 5.92 Å². The van der Waals surface area contributed by atoms with Crippen molar-refractivity contribution in [1.29, 1.82) is 0 Å². The second-order valence-electron chi connectivity index (χ2n) is 6.03. The third kappa shape index (κ3) is 6.03. The Hall–Kier alpha value is -0.240. The minimum Gasteiger partial charge on any atom is -0.307 e. The van der Waals surface area contributed by atoms with Crippen molar-refractivity contribution < 1.29 is 0 Å². The van der Waals surface area contributed by atoms with E-state index in [1.165, 1.54) is 24.8 Å². The molecule has 0 saturated heterocycles. The van der Waals surface area contributed by atoms with Gasteiger partial charge in [-0.3, -0.25) is 0 Å². The van der Waals surface area contributed by atoms with E-state index < -0.39 is 0 Å². The van der Waals surface area contributed by atoms with Gasteiger partial charge in [-0.2, -0.15) is 0 Å². The Kier molecular flexibility index (Phi) is 7.94. The van der Waals surface area contributed by atoms with Gasteiger partial charge in [0.25, 0.3) is 0 Å². The summed E-state index contributed by atoms with van der Waals surface area (Å²) >= 11 is 12.1. The molecule has 0 aliphatic rings. The summed E-state index contributed by atoms with van der Waals surface area (Å²) in [6, 6.07) is 6.79. The molecule has 0 fully saturated rings. The molecule has 0 saturated carbocycles. The number of nitrogens with one attached hydrogen (secondary N) is 1. The van der Waals surface area contributed by atoms with Gasteiger partial charge in [-0.25, -0.2) is 0 Å². The molecular weight excluding hydrogens is 289 g/mol. The van der Waals surface area contributed by atoms with Crippen molar-refractivity contribution in [1.82, 2.24) is 5.32 Å². The molecule has 1 aromatic rings. The van der Waals surface area contributed by atoms with Crippen molar-refractivity contribution in [2.75, 3.05) is 0 Å². The van der Waals surface area contributed by atoms with E-state index >= 15 is 0 Å². The fourth-order valence-electron chi connectivity index (χ4n) is 2.44. The van der Waals surface area contributed by atoms with Gasteiger partial charge < -0.3 is 5.32 Å². The van der Waals surface area contributed by atoms with E-state index in [0.717, 1.165) is 12.3 Å². The number of hydrogen-bond acceptors (Lipinski definition) is 1. The molecule has 1 rings (SSSR count). The summed E-state index contributed by atoms with van der Waals surface area (Å²) < 4.78 is 0. The Morgan fingerprint density at radius 2 is 1.75 bits per heavy atom. The lowest BCUT2D eigenvalue weighted by atomic mass is 10.0. The standard InChI is InChI=1S/C17H27Cl2N/c1-5-17(14-9-10-15(18)16(19)11-14)20-13(4)8-6-7-12(2)3/h9-13,17,20H,5-8H2,1-4H3. The summed E-state index contributed by atoms with van der Waals surface area (Å²) in [5, 5.41) is 4.96. The summed E-state index contributed by atoms with van der Waals surface area (Å²) in [6.07, 6.45) is 4.85. The van der Waals surface area contributed by atoms with Crippen LogP contribution in [-0.2, 0) is 0 Å². The minimum atomic E-state index is 0.346. The van der Waals surface area contributed by atoms with Crippen molar-refractivity contribution in [3.8, 4) is 0 Å². The molecule has 0 bridgehead atoms. The lowest BCUT2D eigenvalue weighted by Crippen LogP contribution is -2.30. The van der Waals surface area contributed by atoms with Crippen molar-refractivity contribution in [3.05, 3.63) is 33.8 Å². The largest absolute Gasteiger partial charge is 0.307 e. The van der Waals surface area contributed by atoms with Gasteiger partial charge in [0.15, 0.2) is 0 Å². The highest BCUT2D eigenvalue weighted by molar-refractivity contribution is 6.42. The third-order valence-corrected chi connectivity index (χ3v) is 4.40. The molecule has 2 atom stereocenters. The van der Waals surface area contributed by atoms with Crippen molar-refractivity contribution in [3.63, 3.8) is 0 Å². The van der Waals surface area contributed by atoms with E-state index in [1.54, 1.807) is 0 Å². The summed E-state index contributed by atoms with van der Waals surface area (Å²) in [4.78, 5) is 0. The minimum absolute atomic E-state index is 0.346. The zero-order chi connectivity index (χ0) is 15.1. The first-order chi connectivity index (χ1) is 9.43. The lowest BCUT2D eigenvalue weighted by molar-refractivity contribution is 0.404. The highest BCUT2D eigenvalue weighted by Crippen LogP contribution is 2.27. The van der Waals surface area contributed by atoms with Crippen molar-refractivity contribution in [2.24, 2.45) is 5.92 Å². The van der Waals surface area contributed by atoms with Gasteiger partial charge in [0, 0.05) is 12.1 Å². The van der Waals surface area contributed by atoms with Crippen LogP contribution in [0.25, 0.3) is 0 Å². The summed E-state index contributed by atoms with van der Waals surface area (Å²) in [5.41, 5.74) is 1.22. The summed E-state index contributed by atoms with van der Waals surface area (Å²) in [6.45, 7) is 9.02. The molecule has 3 heteroatoms. The Morgan fingerprint density at radius 1 is 1.05 bits per heavy atom. The molecular formula is C17H27Cl2N. The van der Waals surface area contributed by atoms with Gasteiger partial charge >= 0.3 is 0 Å². The highest BCUT2D eigenvalue weighted by Gasteiger charge is 2.13. The Bertz CT molecular complexity index is 404. The SMILES string of the molecule is CCC(NC(C)CCCC(C)C)c1ccc(Cl)c(Cl)c1. The number of halogens is 2. The topological polar surface area (TPSA) is 12.0 Å². The maximum absolute atomic E-state index is 6.11. The fraction of sp³-hybridized carbons (Fsp3) is 0.647. The molecule has 20 heavy (non-hydrogen) atoms. The Labute approximate surface area is 134 Å². The van der Waals surface area contributed by atoms with Crippen LogP contribution in [0.3, 0.4) is 0 Å². The van der Waals surface area contributed by atoms with Gasteiger partial charge in [-0.1, -0.05) is 62.9 Å². The quantitative estimate of drug-likeness (QED) is 0.598. The molecule has 1 aromatic carbocycles. The average molecular weight is 316 g/mol. The number of benzene rings is 1. The maximum atomic E-state index is 6.11. The summed E-state index contributed by atoms with van der Waals surface area (Å²) in [7, 11) is 0. The highest BCUT2D eigenvalue weighted by atomic mass is 35.5. The second-order valence-corrected chi connectivity index (χ2v) is 6.84. The predicted molar refractivity (Wildman–Crippen MR) is 90.8 cm³/mol. The smallest absolute Gasteiger partial charge is 0.0595 e. The van der Waals surface area contributed by atoms with E-state index in [4.69, 9.17) is 23.2 Å². The molecule has 0 aliphatic heterocycles. The van der Waals surface area contributed by atoms with Crippen LogP contribution in [0.4, 0.5) is 0 Å². The molecule has 0 radical (unpaired) electrons. The molecule has 0 aliphatic carbocycles. The van der Waals surface area contributed by atoms with E-state index in [9.17, 15) is 0 Å². The van der Waals surface area contributed by atoms with Crippen LogP contribution in [0.2, 0.25) is 10.0 Å². The van der Waals surface area contributed by atoms with Gasteiger partial charge in [-0.05, 0) is 43.4 Å². The van der Waals surface area contributed by atoms with E-state index in [0.29, 0.717) is 22.1 Å². The van der Waals surface area contributed by atoms with Gasteiger partial charge in [0.1, 0.15) is 0 Å². The van der Waals surface area contributed by atoms with Crippen LogP contribution < -0.4 is 5.32 Å². The van der Waals surface area contributed by atoms with Crippen LogP contribution in [0.1, 0.15) is 65.0 Å². The molecule has 0 heterocycles. The fourth-order valence-corrected chi connectivity index (χ4v) is 2.74. The predicted octanol–water partition coefficient (Wildman–Crippen LogP) is 6.25. The second kappa shape index (κ2) is 8.92. The molecule has 0 amide bonds. The van der Waals surface area contributed by atoms with Crippen LogP contribution >= 0.6 is 23.2 Å². The molecule has 1 N–H and O–H groups in total. The van der Waals surface area contributed by atoms with Gasteiger partial charge in [0.2, 0.25) is 0 Å². The molecule has 0 spiro atoms. The van der Waals surface area contributed by atoms with E-state index in [-0.39, 0.29) is 0 Å². The molecule has 2 unspecified atom stereocenters.